The lowest BCUT2D eigenvalue weighted by Gasteiger charge is -2.45. The third-order valence-corrected chi connectivity index (χ3v) is 7.24. The second-order valence-electron chi connectivity index (χ2n) is 9.37. The van der Waals surface area contributed by atoms with E-state index in [1.54, 1.807) is 0 Å². The average Bonchev–Trinajstić information content (AvgIpc) is 3.47. The van der Waals surface area contributed by atoms with Gasteiger partial charge in [0.2, 0.25) is 5.89 Å². The molecule has 0 radical (unpaired) electrons. The van der Waals surface area contributed by atoms with Crippen molar-refractivity contribution in [3.8, 4) is 11.5 Å². The van der Waals surface area contributed by atoms with E-state index in [0.717, 1.165) is 47.6 Å². The first kappa shape index (κ1) is 20.4. The molecule has 4 aromatic rings. The van der Waals surface area contributed by atoms with Crippen molar-refractivity contribution in [1.29, 1.82) is 0 Å². The average molecular weight is 438 g/mol. The molecule has 6 rings (SSSR count). The van der Waals surface area contributed by atoms with Crippen LogP contribution in [-0.2, 0) is 24.4 Å². The molecule has 0 saturated carbocycles. The zero-order valence-corrected chi connectivity index (χ0v) is 18.8. The highest BCUT2D eigenvalue weighted by atomic mass is 16.5. The van der Waals surface area contributed by atoms with Crippen LogP contribution < -0.4 is 0 Å². The first-order valence-corrected chi connectivity index (χ1v) is 11.9. The molecule has 1 saturated heterocycles. The number of aromatic nitrogens is 1. The second kappa shape index (κ2) is 8.62. The van der Waals surface area contributed by atoms with Crippen molar-refractivity contribution in [2.24, 2.45) is 0 Å². The van der Waals surface area contributed by atoms with Gasteiger partial charge in [-0.2, -0.15) is 0 Å². The fourth-order valence-corrected chi connectivity index (χ4v) is 5.71. The van der Waals surface area contributed by atoms with E-state index < -0.39 is 0 Å². The molecule has 0 aliphatic carbocycles. The first-order valence-electron chi connectivity index (χ1n) is 11.9. The maximum Gasteiger partial charge on any atom is 0.226 e. The van der Waals surface area contributed by atoms with Crippen LogP contribution in [0.2, 0.25) is 0 Å². The SMILES string of the molecule is c1ccc(CO[C@@H]2c3oc(-c4ccccc4)nc3C[N+]3(Cc4ccccc4)CCC[C@@H]23)cc1. The molecule has 3 atom stereocenters. The summed E-state index contributed by atoms with van der Waals surface area (Å²) in [5, 5.41) is 0. The number of hydrogen-bond acceptors (Lipinski definition) is 3. The monoisotopic (exact) mass is 437 g/mol. The summed E-state index contributed by atoms with van der Waals surface area (Å²) in [6.07, 6.45) is 2.26. The third-order valence-electron chi connectivity index (χ3n) is 7.24. The van der Waals surface area contributed by atoms with Gasteiger partial charge < -0.3 is 13.6 Å². The molecule has 0 bridgehead atoms. The minimum atomic E-state index is -0.0925. The molecule has 3 aromatic carbocycles. The Morgan fingerprint density at radius 2 is 1.52 bits per heavy atom. The molecule has 1 unspecified atom stereocenters. The van der Waals surface area contributed by atoms with Gasteiger partial charge in [0, 0.05) is 24.0 Å². The molecular formula is C29H29N2O2+. The van der Waals surface area contributed by atoms with Crippen LogP contribution in [0.5, 0.6) is 0 Å². The summed E-state index contributed by atoms with van der Waals surface area (Å²) < 4.78 is 14.1. The molecule has 1 fully saturated rings. The lowest BCUT2D eigenvalue weighted by molar-refractivity contribution is -0.971. The second-order valence-corrected chi connectivity index (χ2v) is 9.37. The molecule has 3 heterocycles. The third kappa shape index (κ3) is 3.90. The van der Waals surface area contributed by atoms with Crippen LogP contribution in [0.1, 0.15) is 41.5 Å². The summed E-state index contributed by atoms with van der Waals surface area (Å²) in [6, 6.07) is 31.9. The van der Waals surface area contributed by atoms with Gasteiger partial charge in [-0.3, -0.25) is 0 Å². The predicted molar refractivity (Wildman–Crippen MR) is 128 cm³/mol. The molecule has 0 amide bonds. The highest BCUT2D eigenvalue weighted by Crippen LogP contribution is 2.47. The van der Waals surface area contributed by atoms with Crippen molar-refractivity contribution >= 4 is 0 Å². The van der Waals surface area contributed by atoms with Crippen LogP contribution >= 0.6 is 0 Å². The smallest absolute Gasteiger partial charge is 0.226 e. The van der Waals surface area contributed by atoms with Crippen molar-refractivity contribution in [3.63, 3.8) is 0 Å². The Labute approximate surface area is 195 Å². The van der Waals surface area contributed by atoms with E-state index in [1.807, 2.05) is 24.3 Å². The van der Waals surface area contributed by atoms with Crippen LogP contribution in [0.25, 0.3) is 11.5 Å². The van der Waals surface area contributed by atoms with Crippen molar-refractivity contribution in [1.82, 2.24) is 4.98 Å². The Bertz CT molecular complexity index is 1210. The van der Waals surface area contributed by atoms with E-state index in [-0.39, 0.29) is 6.10 Å². The highest BCUT2D eigenvalue weighted by molar-refractivity contribution is 5.53. The van der Waals surface area contributed by atoms with Gasteiger partial charge in [0.05, 0.1) is 13.2 Å². The summed E-state index contributed by atoms with van der Waals surface area (Å²) in [5.41, 5.74) is 4.64. The molecule has 2 aliphatic rings. The number of ether oxygens (including phenoxy) is 1. The largest absolute Gasteiger partial charge is 0.438 e. The van der Waals surface area contributed by atoms with Crippen LogP contribution in [-0.4, -0.2) is 22.1 Å². The quantitative estimate of drug-likeness (QED) is 0.332. The molecular weight excluding hydrogens is 408 g/mol. The molecule has 1 aromatic heterocycles. The summed E-state index contributed by atoms with van der Waals surface area (Å²) in [4.78, 5) is 5.01. The van der Waals surface area contributed by atoms with E-state index in [0.29, 0.717) is 18.5 Å². The van der Waals surface area contributed by atoms with Gasteiger partial charge in [0.1, 0.15) is 24.8 Å². The number of rotatable bonds is 6. The molecule has 0 N–H and O–H groups in total. The lowest BCUT2D eigenvalue weighted by atomic mass is 9.96. The number of benzene rings is 3. The van der Waals surface area contributed by atoms with Gasteiger partial charge in [-0.1, -0.05) is 78.9 Å². The Morgan fingerprint density at radius 3 is 2.24 bits per heavy atom. The lowest BCUT2D eigenvalue weighted by Crippen LogP contribution is -2.55. The van der Waals surface area contributed by atoms with Gasteiger partial charge in [-0.15, -0.1) is 0 Å². The Hall–Kier alpha value is -3.21. The standard InChI is InChI=1S/C29H29N2O2/c1-4-11-22(12-5-1)19-31-18-10-17-26(31)28(32-21-23-13-6-2-7-14-23)27-25(20-31)30-29(33-27)24-15-8-3-9-16-24/h1-9,11-16,26,28H,10,17-21H2/q+1/t26-,28-,31?/m0/s1. The summed E-state index contributed by atoms with van der Waals surface area (Å²) in [6.45, 7) is 3.63. The first-order chi connectivity index (χ1) is 16.3. The fourth-order valence-electron chi connectivity index (χ4n) is 5.71. The van der Waals surface area contributed by atoms with E-state index in [9.17, 15) is 0 Å². The van der Waals surface area contributed by atoms with E-state index in [2.05, 4.69) is 66.7 Å². The van der Waals surface area contributed by atoms with Gasteiger partial charge in [0.25, 0.3) is 0 Å². The zero-order valence-electron chi connectivity index (χ0n) is 18.8. The number of hydrogen-bond donors (Lipinski definition) is 0. The van der Waals surface area contributed by atoms with E-state index >= 15 is 0 Å². The van der Waals surface area contributed by atoms with Gasteiger partial charge in [0.15, 0.2) is 11.9 Å². The Kier molecular flexibility index (Phi) is 5.33. The van der Waals surface area contributed by atoms with Crippen molar-refractivity contribution < 1.29 is 13.6 Å². The maximum atomic E-state index is 6.67. The van der Waals surface area contributed by atoms with Crippen molar-refractivity contribution in [2.45, 2.75) is 44.7 Å². The highest BCUT2D eigenvalue weighted by Gasteiger charge is 2.53. The van der Waals surface area contributed by atoms with Crippen LogP contribution in [0.15, 0.2) is 95.4 Å². The molecule has 166 valence electrons. The van der Waals surface area contributed by atoms with E-state index in [1.165, 1.54) is 17.5 Å². The van der Waals surface area contributed by atoms with Crippen LogP contribution in [0.4, 0.5) is 0 Å². The van der Waals surface area contributed by atoms with Crippen LogP contribution in [0.3, 0.4) is 0 Å². The molecule has 2 aliphatic heterocycles. The van der Waals surface area contributed by atoms with Gasteiger partial charge in [-0.25, -0.2) is 4.98 Å². The normalized spacial score (nSPS) is 23.8. The van der Waals surface area contributed by atoms with Gasteiger partial charge >= 0.3 is 0 Å². The summed E-state index contributed by atoms with van der Waals surface area (Å²) >= 11 is 0. The Morgan fingerprint density at radius 1 is 0.848 bits per heavy atom. The number of quaternary nitrogens is 1. The van der Waals surface area contributed by atoms with E-state index in [4.69, 9.17) is 14.1 Å². The predicted octanol–water partition coefficient (Wildman–Crippen LogP) is 6.29. The number of oxazole rings is 1. The van der Waals surface area contributed by atoms with Gasteiger partial charge in [-0.05, 0) is 17.7 Å². The maximum absolute atomic E-state index is 6.67. The number of fused-ring (bicyclic) bond motifs is 2. The van der Waals surface area contributed by atoms with Crippen LogP contribution in [0, 0.1) is 0 Å². The Balaban J connectivity index is 1.39. The van der Waals surface area contributed by atoms with Crippen molar-refractivity contribution in [3.05, 3.63) is 114 Å². The molecule has 4 heteroatoms. The minimum absolute atomic E-state index is 0.0925. The zero-order chi connectivity index (χ0) is 22.1. The van der Waals surface area contributed by atoms with Crippen molar-refractivity contribution in [2.75, 3.05) is 6.54 Å². The topological polar surface area (TPSA) is 35.3 Å². The molecule has 33 heavy (non-hydrogen) atoms. The minimum Gasteiger partial charge on any atom is -0.438 e. The summed E-state index contributed by atoms with van der Waals surface area (Å²) in [7, 11) is 0. The fraction of sp³-hybridized carbons (Fsp3) is 0.276. The number of nitrogens with zero attached hydrogens (tertiary/aromatic N) is 2. The summed E-state index contributed by atoms with van der Waals surface area (Å²) in [5.74, 6) is 1.63. The molecule has 4 nitrogen and oxygen atoms in total. The molecule has 0 spiro atoms.